The van der Waals surface area contributed by atoms with Gasteiger partial charge in [-0.2, -0.15) is 0 Å². The Morgan fingerprint density at radius 3 is 2.25 bits per heavy atom. The van der Waals surface area contributed by atoms with E-state index in [9.17, 15) is 9.59 Å². The average Bonchev–Trinajstić information content (AvgIpc) is 2.62. The molecule has 0 aromatic heterocycles. The molecule has 0 N–H and O–H groups in total. The summed E-state index contributed by atoms with van der Waals surface area (Å²) in [6.45, 7) is 5.81. The summed E-state index contributed by atoms with van der Waals surface area (Å²) in [5.74, 6) is 0.160. The molecule has 3 rings (SSSR count). The Kier molecular flexibility index (Phi) is 5.86. The number of amides is 2. The molecule has 24 heavy (non-hydrogen) atoms. The second-order valence-corrected chi connectivity index (χ2v) is 6.90. The smallest absolute Gasteiger partial charge is 0.255 e. The summed E-state index contributed by atoms with van der Waals surface area (Å²) in [5.41, 5.74) is 0.672. The highest BCUT2D eigenvalue weighted by molar-refractivity contribution is 9.10. The Morgan fingerprint density at radius 1 is 0.958 bits per heavy atom. The first-order chi connectivity index (χ1) is 11.6. The number of hydrogen-bond acceptors (Lipinski definition) is 4. The van der Waals surface area contributed by atoms with Gasteiger partial charge in [0.2, 0.25) is 5.91 Å². The number of benzene rings is 1. The van der Waals surface area contributed by atoms with Gasteiger partial charge in [-0.3, -0.25) is 14.5 Å². The maximum Gasteiger partial charge on any atom is 0.255 e. The average molecular weight is 396 g/mol. The molecule has 2 heterocycles. The zero-order valence-corrected chi connectivity index (χ0v) is 15.2. The van der Waals surface area contributed by atoms with Crippen molar-refractivity contribution in [3.05, 3.63) is 34.3 Å². The van der Waals surface area contributed by atoms with Crippen molar-refractivity contribution in [2.45, 2.75) is 0 Å². The Balaban J connectivity index is 1.51. The number of carbonyl (C=O) groups is 2. The molecule has 0 spiro atoms. The first kappa shape index (κ1) is 17.4. The molecule has 130 valence electrons. The van der Waals surface area contributed by atoms with E-state index in [-0.39, 0.29) is 11.8 Å². The van der Waals surface area contributed by atoms with Crippen LogP contribution in [0, 0.1) is 0 Å². The third kappa shape index (κ3) is 4.15. The van der Waals surface area contributed by atoms with Gasteiger partial charge in [0.05, 0.1) is 25.3 Å². The molecule has 0 atom stereocenters. The van der Waals surface area contributed by atoms with Gasteiger partial charge >= 0.3 is 0 Å². The number of piperazine rings is 1. The third-order valence-corrected chi connectivity index (χ3v) is 5.18. The van der Waals surface area contributed by atoms with Crippen molar-refractivity contribution in [2.75, 3.05) is 59.0 Å². The van der Waals surface area contributed by atoms with Crippen molar-refractivity contribution in [2.24, 2.45) is 0 Å². The topological polar surface area (TPSA) is 53.1 Å². The van der Waals surface area contributed by atoms with E-state index in [1.165, 1.54) is 0 Å². The molecule has 6 nitrogen and oxygen atoms in total. The van der Waals surface area contributed by atoms with Crippen molar-refractivity contribution in [3.63, 3.8) is 0 Å². The Labute approximate surface area is 150 Å². The van der Waals surface area contributed by atoms with Crippen LogP contribution in [-0.2, 0) is 9.53 Å². The predicted octanol–water partition coefficient (Wildman–Crippen LogP) is 1.07. The molecule has 0 aliphatic carbocycles. The summed E-state index contributed by atoms with van der Waals surface area (Å²) >= 11 is 3.43. The third-order valence-electron chi connectivity index (χ3n) is 4.49. The van der Waals surface area contributed by atoms with Gasteiger partial charge in [0.1, 0.15) is 0 Å². The first-order valence-electron chi connectivity index (χ1n) is 8.27. The maximum atomic E-state index is 12.6. The van der Waals surface area contributed by atoms with Crippen molar-refractivity contribution in [1.82, 2.24) is 14.7 Å². The lowest BCUT2D eigenvalue weighted by atomic mass is 10.2. The van der Waals surface area contributed by atoms with Crippen LogP contribution in [0.5, 0.6) is 0 Å². The van der Waals surface area contributed by atoms with Crippen LogP contribution in [0.25, 0.3) is 0 Å². The Hall–Kier alpha value is -1.44. The summed E-state index contributed by atoms with van der Waals surface area (Å²) in [4.78, 5) is 30.8. The molecular weight excluding hydrogens is 374 g/mol. The van der Waals surface area contributed by atoms with Crippen LogP contribution in [0.1, 0.15) is 10.4 Å². The molecule has 2 aliphatic rings. The van der Waals surface area contributed by atoms with Crippen molar-refractivity contribution < 1.29 is 14.3 Å². The Morgan fingerprint density at radius 2 is 1.58 bits per heavy atom. The van der Waals surface area contributed by atoms with E-state index in [2.05, 4.69) is 20.8 Å². The fourth-order valence-electron chi connectivity index (χ4n) is 3.01. The van der Waals surface area contributed by atoms with E-state index in [4.69, 9.17) is 4.74 Å². The minimum absolute atomic E-state index is 0.0164. The van der Waals surface area contributed by atoms with Crippen LogP contribution >= 0.6 is 15.9 Å². The molecule has 0 saturated carbocycles. The molecule has 1 aromatic rings. The van der Waals surface area contributed by atoms with E-state index in [1.54, 1.807) is 0 Å². The van der Waals surface area contributed by atoms with Crippen molar-refractivity contribution >= 4 is 27.7 Å². The summed E-state index contributed by atoms with van der Waals surface area (Å²) in [7, 11) is 0. The highest BCUT2D eigenvalue weighted by Crippen LogP contribution is 2.18. The van der Waals surface area contributed by atoms with Crippen LogP contribution < -0.4 is 0 Å². The standard InChI is InChI=1S/C17H22BrN3O3/c18-15-4-2-1-3-14(15)17(23)21-7-5-20(6-8-21)16(22)13-19-9-11-24-12-10-19/h1-4H,5-13H2. The predicted molar refractivity (Wildman–Crippen MR) is 93.9 cm³/mol. The highest BCUT2D eigenvalue weighted by Gasteiger charge is 2.26. The molecular formula is C17H22BrN3O3. The lowest BCUT2D eigenvalue weighted by Gasteiger charge is -2.36. The van der Waals surface area contributed by atoms with Gasteiger partial charge in [-0.25, -0.2) is 0 Å². The molecule has 0 unspecified atom stereocenters. The molecule has 2 fully saturated rings. The number of morpholine rings is 1. The molecule has 0 bridgehead atoms. The summed E-state index contributed by atoms with van der Waals surface area (Å²) in [6.07, 6.45) is 0. The number of carbonyl (C=O) groups excluding carboxylic acids is 2. The monoisotopic (exact) mass is 395 g/mol. The molecule has 2 saturated heterocycles. The zero-order valence-electron chi connectivity index (χ0n) is 13.6. The van der Waals surface area contributed by atoms with Crippen LogP contribution in [0.4, 0.5) is 0 Å². The molecule has 7 heteroatoms. The quantitative estimate of drug-likeness (QED) is 0.767. The van der Waals surface area contributed by atoms with Gasteiger partial charge in [0.15, 0.2) is 0 Å². The fourth-order valence-corrected chi connectivity index (χ4v) is 3.47. The lowest BCUT2D eigenvalue weighted by molar-refractivity contribution is -0.134. The van der Waals surface area contributed by atoms with E-state index in [0.717, 1.165) is 17.6 Å². The number of hydrogen-bond donors (Lipinski definition) is 0. The van der Waals surface area contributed by atoms with E-state index in [0.29, 0.717) is 51.5 Å². The summed E-state index contributed by atoms with van der Waals surface area (Å²) in [5, 5.41) is 0. The fraction of sp³-hybridized carbons (Fsp3) is 0.529. The van der Waals surface area contributed by atoms with Crippen LogP contribution in [-0.4, -0.2) is 85.5 Å². The first-order valence-corrected chi connectivity index (χ1v) is 9.06. The second kappa shape index (κ2) is 8.09. The molecule has 2 amide bonds. The molecule has 0 radical (unpaired) electrons. The van der Waals surface area contributed by atoms with Gasteiger partial charge in [-0.1, -0.05) is 12.1 Å². The largest absolute Gasteiger partial charge is 0.379 e. The normalized spacial score (nSPS) is 19.4. The minimum atomic E-state index is 0.0164. The number of nitrogens with zero attached hydrogens (tertiary/aromatic N) is 3. The number of halogens is 1. The summed E-state index contributed by atoms with van der Waals surface area (Å²) < 4.78 is 6.11. The van der Waals surface area contributed by atoms with Gasteiger partial charge in [-0.05, 0) is 28.1 Å². The van der Waals surface area contributed by atoms with Gasteiger partial charge in [0, 0.05) is 43.7 Å². The van der Waals surface area contributed by atoms with Gasteiger partial charge < -0.3 is 14.5 Å². The van der Waals surface area contributed by atoms with Crippen LogP contribution in [0.15, 0.2) is 28.7 Å². The van der Waals surface area contributed by atoms with Gasteiger partial charge in [-0.15, -0.1) is 0 Å². The second-order valence-electron chi connectivity index (χ2n) is 6.04. The Bertz CT molecular complexity index is 596. The number of rotatable bonds is 3. The zero-order chi connectivity index (χ0) is 16.9. The molecule has 1 aromatic carbocycles. The van der Waals surface area contributed by atoms with Crippen molar-refractivity contribution in [3.8, 4) is 0 Å². The minimum Gasteiger partial charge on any atom is -0.379 e. The summed E-state index contributed by atoms with van der Waals surface area (Å²) in [6, 6.07) is 7.45. The molecule has 2 aliphatic heterocycles. The van der Waals surface area contributed by atoms with Crippen molar-refractivity contribution in [1.29, 1.82) is 0 Å². The van der Waals surface area contributed by atoms with E-state index in [1.807, 2.05) is 34.1 Å². The van der Waals surface area contributed by atoms with Crippen LogP contribution in [0.3, 0.4) is 0 Å². The van der Waals surface area contributed by atoms with E-state index < -0.39 is 0 Å². The lowest BCUT2D eigenvalue weighted by Crippen LogP contribution is -2.53. The number of ether oxygens (including phenoxy) is 1. The van der Waals surface area contributed by atoms with E-state index >= 15 is 0 Å². The maximum absolute atomic E-state index is 12.6. The highest BCUT2D eigenvalue weighted by atomic mass is 79.9. The SMILES string of the molecule is O=C(CN1CCOCC1)N1CCN(C(=O)c2ccccc2Br)CC1. The van der Waals surface area contributed by atoms with Gasteiger partial charge in [0.25, 0.3) is 5.91 Å². The van der Waals surface area contributed by atoms with Crippen LogP contribution in [0.2, 0.25) is 0 Å².